The predicted octanol–water partition coefficient (Wildman–Crippen LogP) is 1.60. The zero-order valence-corrected chi connectivity index (χ0v) is 12.0. The predicted molar refractivity (Wildman–Crippen MR) is 78.0 cm³/mol. The summed E-state index contributed by atoms with van der Waals surface area (Å²) in [4.78, 5) is 4.22. The highest BCUT2D eigenvalue weighted by atomic mass is 32.2. The molecule has 1 aliphatic rings. The van der Waals surface area contributed by atoms with Gasteiger partial charge < -0.3 is 5.11 Å². The molecule has 6 heteroatoms. The van der Waals surface area contributed by atoms with Crippen LogP contribution in [-0.4, -0.2) is 30.0 Å². The summed E-state index contributed by atoms with van der Waals surface area (Å²) in [6, 6.07) is 11.0. The summed E-state index contributed by atoms with van der Waals surface area (Å²) >= 11 is 0. The topological polar surface area (TPSA) is 91.0 Å². The van der Waals surface area contributed by atoms with E-state index >= 15 is 0 Å². The Kier molecular flexibility index (Phi) is 3.19. The van der Waals surface area contributed by atoms with Crippen molar-refractivity contribution in [2.24, 2.45) is 5.41 Å². The van der Waals surface area contributed by atoms with Crippen LogP contribution in [0.2, 0.25) is 0 Å². The number of pyridine rings is 1. The lowest BCUT2D eigenvalue weighted by molar-refractivity contribution is 0.0806. The molecule has 0 amide bonds. The third kappa shape index (κ3) is 2.28. The van der Waals surface area contributed by atoms with E-state index in [4.69, 9.17) is 0 Å². The first kappa shape index (κ1) is 14.0. The largest absolute Gasteiger partial charge is 0.387 e. The fraction of sp³-hybridized carbons (Fsp3) is 0.333. The van der Waals surface area contributed by atoms with Gasteiger partial charge in [-0.1, -0.05) is 18.2 Å². The molecule has 108 valence electrons. The summed E-state index contributed by atoms with van der Waals surface area (Å²) in [5, 5.41) is 20.9. The van der Waals surface area contributed by atoms with Crippen molar-refractivity contribution >= 4 is 20.7 Å². The van der Waals surface area contributed by atoms with Crippen LogP contribution >= 0.6 is 0 Å². The summed E-state index contributed by atoms with van der Waals surface area (Å²) in [6.45, 7) is 0. The second kappa shape index (κ2) is 4.79. The van der Waals surface area contributed by atoms with Crippen LogP contribution in [0.25, 0.3) is 10.9 Å². The van der Waals surface area contributed by atoms with E-state index in [2.05, 4.69) is 4.98 Å². The molecule has 1 fully saturated rings. The molecule has 2 unspecified atom stereocenters. The number of aliphatic hydroxyl groups excluding tert-OH is 1. The minimum Gasteiger partial charge on any atom is -0.387 e. The molecule has 0 aliphatic carbocycles. The molecular formula is C15H14N2O3S. The molecular weight excluding hydrogens is 288 g/mol. The van der Waals surface area contributed by atoms with Gasteiger partial charge in [0.25, 0.3) is 0 Å². The zero-order chi connectivity index (χ0) is 15.1. The highest BCUT2D eigenvalue weighted by Crippen LogP contribution is 2.44. The first-order valence-electron chi connectivity index (χ1n) is 6.61. The molecule has 0 spiro atoms. The third-order valence-electron chi connectivity index (χ3n) is 4.06. The van der Waals surface area contributed by atoms with Gasteiger partial charge in [0.1, 0.15) is 5.41 Å². The lowest BCUT2D eigenvalue weighted by Crippen LogP contribution is -2.29. The van der Waals surface area contributed by atoms with Crippen molar-refractivity contribution in [1.29, 1.82) is 5.26 Å². The van der Waals surface area contributed by atoms with Crippen LogP contribution in [0, 0.1) is 16.7 Å². The smallest absolute Gasteiger partial charge is 0.152 e. The molecule has 0 radical (unpaired) electrons. The molecule has 1 aromatic heterocycles. The number of fused-ring (bicyclic) bond motifs is 1. The molecule has 1 saturated heterocycles. The number of benzene rings is 1. The normalized spacial score (nSPS) is 25.5. The van der Waals surface area contributed by atoms with E-state index in [9.17, 15) is 18.8 Å². The third-order valence-corrected chi connectivity index (χ3v) is 5.84. The number of aromatic nitrogens is 1. The van der Waals surface area contributed by atoms with Gasteiger partial charge in [-0.2, -0.15) is 5.26 Å². The van der Waals surface area contributed by atoms with Gasteiger partial charge in [0.05, 0.1) is 29.2 Å². The Morgan fingerprint density at radius 2 is 2.10 bits per heavy atom. The lowest BCUT2D eigenvalue weighted by Gasteiger charge is -2.26. The van der Waals surface area contributed by atoms with E-state index in [1.807, 2.05) is 30.3 Å². The van der Waals surface area contributed by atoms with Crippen molar-refractivity contribution in [3.63, 3.8) is 0 Å². The molecule has 0 saturated carbocycles. The number of aliphatic hydroxyl groups is 1. The molecule has 1 aromatic carbocycles. The van der Waals surface area contributed by atoms with Gasteiger partial charge in [-0.15, -0.1) is 0 Å². The Morgan fingerprint density at radius 1 is 1.33 bits per heavy atom. The summed E-state index contributed by atoms with van der Waals surface area (Å²) in [7, 11) is -3.27. The van der Waals surface area contributed by atoms with Crippen molar-refractivity contribution in [2.45, 2.75) is 12.5 Å². The average molecular weight is 302 g/mol. The zero-order valence-electron chi connectivity index (χ0n) is 11.2. The van der Waals surface area contributed by atoms with Crippen molar-refractivity contribution in [1.82, 2.24) is 4.98 Å². The van der Waals surface area contributed by atoms with Gasteiger partial charge in [0, 0.05) is 11.6 Å². The summed E-state index contributed by atoms with van der Waals surface area (Å²) in [6.07, 6.45) is 0.576. The second-order valence-electron chi connectivity index (χ2n) is 5.43. The molecule has 2 atom stereocenters. The van der Waals surface area contributed by atoms with E-state index < -0.39 is 21.4 Å². The monoisotopic (exact) mass is 302 g/mol. The molecule has 3 rings (SSSR count). The quantitative estimate of drug-likeness (QED) is 0.909. The second-order valence-corrected chi connectivity index (χ2v) is 7.61. The highest BCUT2D eigenvalue weighted by Gasteiger charge is 2.48. The van der Waals surface area contributed by atoms with Crippen LogP contribution in [0.1, 0.15) is 18.1 Å². The number of rotatable bonds is 2. The van der Waals surface area contributed by atoms with E-state index in [1.54, 1.807) is 12.3 Å². The minimum absolute atomic E-state index is 0.0549. The highest BCUT2D eigenvalue weighted by molar-refractivity contribution is 7.91. The Hall–Kier alpha value is -1.97. The molecule has 5 nitrogen and oxygen atoms in total. The van der Waals surface area contributed by atoms with Gasteiger partial charge in [0.2, 0.25) is 0 Å². The first-order valence-corrected chi connectivity index (χ1v) is 8.43. The van der Waals surface area contributed by atoms with Crippen molar-refractivity contribution < 1.29 is 13.5 Å². The van der Waals surface area contributed by atoms with Crippen molar-refractivity contribution in [3.8, 4) is 6.07 Å². The van der Waals surface area contributed by atoms with E-state index in [-0.39, 0.29) is 17.9 Å². The van der Waals surface area contributed by atoms with Crippen molar-refractivity contribution in [3.05, 3.63) is 42.1 Å². The number of sulfone groups is 1. The number of nitrogens with zero attached hydrogens (tertiary/aromatic N) is 2. The SMILES string of the molecule is N#CC1(C(O)c2ccnc3ccccc23)CCS(=O)(=O)C1. The molecule has 2 heterocycles. The van der Waals surface area contributed by atoms with Crippen LogP contribution in [0.3, 0.4) is 0 Å². The molecule has 2 aromatic rings. The Bertz CT molecular complexity index is 836. The van der Waals surface area contributed by atoms with Crippen LogP contribution in [0.15, 0.2) is 36.5 Å². The van der Waals surface area contributed by atoms with Gasteiger partial charge in [-0.25, -0.2) is 8.42 Å². The standard InChI is InChI=1S/C15H14N2O3S/c16-9-15(6-8-21(19,20)10-15)14(18)12-5-7-17-13-4-2-1-3-11(12)13/h1-5,7,14,18H,6,8,10H2. The van der Waals surface area contributed by atoms with E-state index in [0.29, 0.717) is 11.1 Å². The fourth-order valence-corrected chi connectivity index (χ4v) is 4.86. The fourth-order valence-electron chi connectivity index (χ4n) is 2.89. The van der Waals surface area contributed by atoms with Crippen LogP contribution in [0.4, 0.5) is 0 Å². The van der Waals surface area contributed by atoms with Gasteiger partial charge >= 0.3 is 0 Å². The maximum Gasteiger partial charge on any atom is 0.152 e. The van der Waals surface area contributed by atoms with E-state index in [0.717, 1.165) is 5.39 Å². The number of nitriles is 1. The van der Waals surface area contributed by atoms with Crippen molar-refractivity contribution in [2.75, 3.05) is 11.5 Å². The minimum atomic E-state index is -3.27. The molecule has 21 heavy (non-hydrogen) atoms. The van der Waals surface area contributed by atoms with Crippen LogP contribution < -0.4 is 0 Å². The maximum absolute atomic E-state index is 11.7. The number of hydrogen-bond acceptors (Lipinski definition) is 5. The molecule has 0 bridgehead atoms. The van der Waals surface area contributed by atoms with Gasteiger partial charge in [0.15, 0.2) is 9.84 Å². The lowest BCUT2D eigenvalue weighted by atomic mass is 9.79. The number of hydrogen-bond donors (Lipinski definition) is 1. The number of para-hydroxylation sites is 1. The maximum atomic E-state index is 11.7. The summed E-state index contributed by atoms with van der Waals surface area (Å²) < 4.78 is 23.5. The summed E-state index contributed by atoms with van der Waals surface area (Å²) in [5.74, 6) is -0.352. The Labute approximate surface area is 122 Å². The Balaban J connectivity index is 2.13. The van der Waals surface area contributed by atoms with Crippen LogP contribution in [-0.2, 0) is 9.84 Å². The van der Waals surface area contributed by atoms with Gasteiger partial charge in [-0.3, -0.25) is 4.98 Å². The molecule has 1 aliphatic heterocycles. The summed E-state index contributed by atoms with van der Waals surface area (Å²) in [5.41, 5.74) is -0.00888. The van der Waals surface area contributed by atoms with Crippen LogP contribution in [0.5, 0.6) is 0 Å². The van der Waals surface area contributed by atoms with Gasteiger partial charge in [-0.05, 0) is 24.1 Å². The Morgan fingerprint density at radius 3 is 2.76 bits per heavy atom. The average Bonchev–Trinajstić information content (AvgIpc) is 2.82. The van der Waals surface area contributed by atoms with E-state index in [1.165, 1.54) is 0 Å². The molecule has 1 N–H and O–H groups in total. The first-order chi connectivity index (χ1) is 9.97.